The number of hydrogen-bond acceptors (Lipinski definition) is 3. The summed E-state index contributed by atoms with van der Waals surface area (Å²) in [6, 6.07) is 29.0. The van der Waals surface area contributed by atoms with Gasteiger partial charge in [0.25, 0.3) is 0 Å². The molecule has 0 N–H and O–H groups in total. The van der Waals surface area contributed by atoms with Gasteiger partial charge in [-0.05, 0) is 58.1 Å². The first-order valence-corrected chi connectivity index (χ1v) is 11.3. The first kappa shape index (κ1) is 23.3. The van der Waals surface area contributed by atoms with Gasteiger partial charge in [-0.1, -0.05) is 78.3 Å². The van der Waals surface area contributed by atoms with Crippen LogP contribution in [0.15, 0.2) is 91.0 Å². The number of fused-ring (bicyclic) bond motifs is 1. The summed E-state index contributed by atoms with van der Waals surface area (Å²) < 4.78 is 17.0. The Morgan fingerprint density at radius 3 is 2.30 bits per heavy atom. The van der Waals surface area contributed by atoms with E-state index in [4.69, 9.17) is 25.8 Å². The Hall–Kier alpha value is -2.89. The van der Waals surface area contributed by atoms with E-state index in [9.17, 15) is 5.11 Å². The second kappa shape index (κ2) is 11.3. The van der Waals surface area contributed by atoms with E-state index in [1.165, 1.54) is 0 Å². The Morgan fingerprint density at radius 1 is 0.818 bits per heavy atom. The molecule has 0 aliphatic rings. The van der Waals surface area contributed by atoms with Gasteiger partial charge in [-0.2, -0.15) is 5.11 Å². The van der Waals surface area contributed by atoms with Crippen LogP contribution in [0, 0.1) is 0 Å². The predicted molar refractivity (Wildman–Crippen MR) is 130 cm³/mol. The van der Waals surface area contributed by atoms with Crippen molar-refractivity contribution in [1.29, 1.82) is 0 Å². The summed E-state index contributed by atoms with van der Waals surface area (Å²) in [5.41, 5.74) is 2.82. The maximum Gasteiger partial charge on any atom is 0.222 e. The van der Waals surface area contributed by atoms with Crippen LogP contribution in [0.2, 0.25) is 5.02 Å². The fourth-order valence-corrected chi connectivity index (χ4v) is 3.88. The fourth-order valence-electron chi connectivity index (χ4n) is 3.76. The molecule has 0 saturated heterocycles. The summed E-state index contributed by atoms with van der Waals surface area (Å²) in [7, 11) is 1.64. The van der Waals surface area contributed by atoms with Gasteiger partial charge in [-0.3, -0.25) is 0 Å². The van der Waals surface area contributed by atoms with Gasteiger partial charge in [0.2, 0.25) is 6.29 Å². The monoisotopic (exact) mass is 461 g/mol. The molecule has 0 saturated carbocycles. The molecular weight excluding hydrogens is 436 g/mol. The number of ether oxygens (including phenoxy) is 3. The second-order valence-electron chi connectivity index (χ2n) is 7.76. The highest BCUT2D eigenvalue weighted by Crippen LogP contribution is 2.27. The van der Waals surface area contributed by atoms with Crippen molar-refractivity contribution in [2.24, 2.45) is 0 Å². The van der Waals surface area contributed by atoms with Gasteiger partial charge in [0.05, 0.1) is 20.3 Å². The van der Waals surface area contributed by atoms with Crippen LogP contribution >= 0.6 is 11.6 Å². The van der Waals surface area contributed by atoms with E-state index in [-0.39, 0.29) is 6.61 Å². The van der Waals surface area contributed by atoms with Gasteiger partial charge in [-0.15, -0.1) is 0 Å². The molecule has 2 unspecified atom stereocenters. The minimum Gasteiger partial charge on any atom is -0.497 e. The third-order valence-electron chi connectivity index (χ3n) is 5.58. The summed E-state index contributed by atoms with van der Waals surface area (Å²) >= 11 is 6.04. The molecule has 0 bridgehead atoms. The van der Waals surface area contributed by atoms with Gasteiger partial charge < -0.3 is 14.2 Å². The van der Waals surface area contributed by atoms with Crippen molar-refractivity contribution in [2.45, 2.75) is 25.4 Å². The molecule has 4 aromatic carbocycles. The number of methoxy groups -OCH3 is 1. The Kier molecular flexibility index (Phi) is 7.97. The third kappa shape index (κ3) is 6.12. The summed E-state index contributed by atoms with van der Waals surface area (Å²) in [6.45, 7) is 0.595. The van der Waals surface area contributed by atoms with E-state index in [1.807, 2.05) is 78.9 Å². The molecule has 33 heavy (non-hydrogen) atoms. The molecule has 0 aliphatic carbocycles. The lowest BCUT2D eigenvalue weighted by Gasteiger charge is -2.23. The van der Waals surface area contributed by atoms with Crippen LogP contribution in [0.25, 0.3) is 10.8 Å². The summed E-state index contributed by atoms with van der Waals surface area (Å²) in [5, 5.41) is 16.0. The van der Waals surface area contributed by atoms with Gasteiger partial charge in [0, 0.05) is 5.02 Å². The largest absolute Gasteiger partial charge is 0.497 e. The topological polar surface area (TPSA) is 47.6 Å². The zero-order valence-corrected chi connectivity index (χ0v) is 19.2. The zero-order valence-electron chi connectivity index (χ0n) is 18.4. The summed E-state index contributed by atoms with van der Waals surface area (Å²) in [6.07, 6.45) is -1.47. The van der Waals surface area contributed by atoms with Crippen molar-refractivity contribution in [2.75, 3.05) is 13.7 Å². The number of rotatable bonds is 10. The first-order valence-electron chi connectivity index (χ1n) is 10.9. The third-order valence-corrected chi connectivity index (χ3v) is 5.83. The van der Waals surface area contributed by atoms with Crippen LogP contribution in [0.4, 0.5) is 0 Å². The van der Waals surface area contributed by atoms with E-state index in [1.54, 1.807) is 19.2 Å². The highest BCUT2D eigenvalue weighted by Gasteiger charge is 2.25. The van der Waals surface area contributed by atoms with Gasteiger partial charge >= 0.3 is 0 Å². The van der Waals surface area contributed by atoms with E-state index in [2.05, 4.69) is 0 Å². The van der Waals surface area contributed by atoms with E-state index < -0.39 is 12.4 Å². The quantitative estimate of drug-likeness (QED) is 0.245. The molecule has 5 heteroatoms. The van der Waals surface area contributed by atoms with Gasteiger partial charge in [0.15, 0.2) is 0 Å². The summed E-state index contributed by atoms with van der Waals surface area (Å²) in [4.78, 5) is 0. The van der Waals surface area contributed by atoms with Crippen LogP contribution in [0.1, 0.15) is 22.8 Å². The molecule has 169 valence electrons. The maximum absolute atomic E-state index is 13.2. The molecule has 4 aromatic rings. The molecule has 0 aromatic heterocycles. The van der Waals surface area contributed by atoms with Crippen LogP contribution in [0.5, 0.6) is 5.75 Å². The first-order chi connectivity index (χ1) is 16.1. The molecule has 0 fully saturated rings. The minimum atomic E-state index is -1.39. The van der Waals surface area contributed by atoms with E-state index in [0.717, 1.165) is 33.2 Å². The van der Waals surface area contributed by atoms with Crippen molar-refractivity contribution in [3.8, 4) is 5.75 Å². The highest BCUT2D eigenvalue weighted by atomic mass is 35.5. The van der Waals surface area contributed by atoms with Crippen LogP contribution < -0.4 is 4.74 Å². The Labute approximate surface area is 199 Å². The lowest BCUT2D eigenvalue weighted by Crippen LogP contribution is -2.24. The average Bonchev–Trinajstić information content (AvgIpc) is 2.86. The molecule has 2 atom stereocenters. The Bertz CT molecular complexity index is 1150. The predicted octanol–water partition coefficient (Wildman–Crippen LogP) is 6.78. The van der Waals surface area contributed by atoms with Crippen LogP contribution in [0.3, 0.4) is 0 Å². The molecule has 0 heterocycles. The second-order valence-corrected chi connectivity index (χ2v) is 8.20. The molecule has 0 aliphatic heterocycles. The number of halogens is 1. The highest BCUT2D eigenvalue weighted by molar-refractivity contribution is 6.30. The number of hydrogen-bond donors (Lipinski definition) is 0. The molecule has 0 amide bonds. The van der Waals surface area contributed by atoms with E-state index in [0.29, 0.717) is 18.1 Å². The van der Waals surface area contributed by atoms with Crippen LogP contribution in [-0.4, -0.2) is 20.0 Å². The van der Waals surface area contributed by atoms with Crippen molar-refractivity contribution in [3.63, 3.8) is 0 Å². The lowest BCUT2D eigenvalue weighted by atomic mass is 10.1. The molecule has 4 rings (SSSR count). The minimum absolute atomic E-state index is 0.210. The summed E-state index contributed by atoms with van der Waals surface area (Å²) in [5.74, 6) is 0.806. The normalized spacial score (nSPS) is 13.1. The molecular formula is C28H26ClO4. The Morgan fingerprint density at radius 2 is 1.55 bits per heavy atom. The van der Waals surface area contributed by atoms with Crippen molar-refractivity contribution in [3.05, 3.63) is 113 Å². The smallest absolute Gasteiger partial charge is 0.222 e. The van der Waals surface area contributed by atoms with Crippen molar-refractivity contribution in [1.82, 2.24) is 0 Å². The Balaban J connectivity index is 1.44. The fraction of sp³-hybridized carbons (Fsp3) is 0.214. The SMILES string of the molecule is COc1ccc(CCOC(c2ccc(Cl)cc2)C([O])OCc2cccc3ccccc23)cc1. The average molecular weight is 462 g/mol. The zero-order chi connectivity index (χ0) is 23.0. The molecule has 0 spiro atoms. The lowest BCUT2D eigenvalue weighted by molar-refractivity contribution is -0.216. The maximum atomic E-state index is 13.2. The van der Waals surface area contributed by atoms with Gasteiger partial charge in [-0.25, -0.2) is 0 Å². The standard InChI is InChI=1S/C28H26ClO4/c1-31-25-15-9-20(10-16-25)17-18-32-27(22-11-13-24(29)14-12-22)28(30)33-19-23-7-4-6-21-5-2-3-8-26(21)23/h2-16,27-28H,17-19H2,1H3. The number of benzene rings is 4. The van der Waals surface area contributed by atoms with Crippen LogP contribution in [-0.2, 0) is 27.6 Å². The molecule has 4 nitrogen and oxygen atoms in total. The van der Waals surface area contributed by atoms with Gasteiger partial charge in [0.1, 0.15) is 11.9 Å². The van der Waals surface area contributed by atoms with Crippen molar-refractivity contribution < 1.29 is 19.3 Å². The molecule has 1 radical (unpaired) electrons. The van der Waals surface area contributed by atoms with Crippen molar-refractivity contribution >= 4 is 22.4 Å². The van der Waals surface area contributed by atoms with E-state index >= 15 is 0 Å².